The zero-order valence-corrected chi connectivity index (χ0v) is 22.4. The molecule has 36 heavy (non-hydrogen) atoms. The second kappa shape index (κ2) is 11.1. The van der Waals surface area contributed by atoms with Crippen LogP contribution < -0.4 is 9.78 Å². The van der Waals surface area contributed by atoms with Gasteiger partial charge in [-0.3, -0.25) is 4.79 Å². The number of carbonyl (C=O) groups is 2. The third-order valence-corrected chi connectivity index (χ3v) is 7.75. The molecule has 0 radical (unpaired) electrons. The fourth-order valence-electron chi connectivity index (χ4n) is 4.26. The van der Waals surface area contributed by atoms with Gasteiger partial charge in [0, 0.05) is 0 Å². The molecule has 4 rings (SSSR count). The number of allylic oxidation sites excluding steroid dienone is 1. The van der Waals surface area contributed by atoms with E-state index in [1.165, 1.54) is 26.7 Å². The van der Waals surface area contributed by atoms with Crippen molar-refractivity contribution < 1.29 is 14.7 Å². The number of Topliss-reactive ketones (excluding diaryl/α,β-unsaturated/α-hetero) is 1. The molecule has 0 bridgehead atoms. The van der Waals surface area contributed by atoms with E-state index in [1.54, 1.807) is 31.2 Å². The van der Waals surface area contributed by atoms with Gasteiger partial charge in [0.15, 0.2) is 0 Å². The summed E-state index contributed by atoms with van der Waals surface area (Å²) in [4.78, 5) is 25.5. The van der Waals surface area contributed by atoms with E-state index < -0.39 is 5.97 Å². The van der Waals surface area contributed by atoms with E-state index in [9.17, 15) is 9.59 Å². The second-order valence-electron chi connectivity index (χ2n) is 9.63. The van der Waals surface area contributed by atoms with Crippen molar-refractivity contribution >= 4 is 36.7 Å². The molecule has 0 saturated carbocycles. The van der Waals surface area contributed by atoms with Gasteiger partial charge >= 0.3 is 202 Å². The fraction of sp³-hybridized carbons (Fsp3) is 0.226. The van der Waals surface area contributed by atoms with Crippen molar-refractivity contribution in [2.45, 2.75) is 39.2 Å². The van der Waals surface area contributed by atoms with E-state index in [1.807, 2.05) is 0 Å². The second-order valence-corrected chi connectivity index (χ2v) is 11.5. The maximum absolute atomic E-state index is 11.1. The minimum absolute atomic E-state index is 0.00752. The van der Waals surface area contributed by atoms with Crippen LogP contribution in [0, 0.1) is 10.7 Å². The normalized spacial score (nSPS) is 13.7. The minimum atomic E-state index is -0.929. The first-order valence-corrected chi connectivity index (χ1v) is 13.6. The Morgan fingerprint density at radius 3 is 2.42 bits per heavy atom. The number of fused-ring (bicyclic) bond motifs is 1. The monoisotopic (exact) mass is 543 g/mol. The molecule has 0 aromatic heterocycles. The van der Waals surface area contributed by atoms with E-state index in [0.717, 1.165) is 17.5 Å². The van der Waals surface area contributed by atoms with Gasteiger partial charge in [-0.15, -0.1) is 0 Å². The molecule has 0 saturated heterocycles. The van der Waals surface area contributed by atoms with E-state index in [2.05, 4.69) is 78.4 Å². The van der Waals surface area contributed by atoms with Crippen molar-refractivity contribution in [2.24, 2.45) is 0 Å². The fourth-order valence-corrected chi connectivity index (χ4v) is 5.51. The summed E-state index contributed by atoms with van der Waals surface area (Å²) in [5.41, 5.74) is 7.37. The van der Waals surface area contributed by atoms with Gasteiger partial charge in [0.25, 0.3) is 0 Å². The Bertz CT molecular complexity index is 1370. The number of benzene rings is 3. The van der Waals surface area contributed by atoms with Crippen molar-refractivity contribution in [3.05, 3.63) is 106 Å². The topological polar surface area (TPSA) is 66.4 Å². The van der Waals surface area contributed by atoms with E-state index in [0.29, 0.717) is 13.1 Å². The Balaban J connectivity index is 1.51. The maximum atomic E-state index is 11.1. The number of aromatic carboxylic acids is 1. The van der Waals surface area contributed by atoms with E-state index in [-0.39, 0.29) is 31.7 Å². The summed E-state index contributed by atoms with van der Waals surface area (Å²) in [5.74, 6) is 2.38. The Kier molecular flexibility index (Phi) is 7.91. The molecule has 2 N–H and O–H groups in total. The number of carboxylic acid groups (broad SMARTS) is 1. The molecule has 0 aliphatic heterocycles. The zero-order chi connectivity index (χ0) is 25.7. The van der Waals surface area contributed by atoms with Gasteiger partial charge in [-0.2, -0.15) is 0 Å². The first-order valence-electron chi connectivity index (χ1n) is 11.9. The van der Waals surface area contributed by atoms with Crippen molar-refractivity contribution in [1.29, 1.82) is 0 Å². The van der Waals surface area contributed by atoms with Gasteiger partial charge in [-0.05, 0) is 6.92 Å². The molecule has 5 heteroatoms. The van der Waals surface area contributed by atoms with Gasteiger partial charge in [-0.25, -0.2) is 0 Å². The van der Waals surface area contributed by atoms with Crippen LogP contribution >= 0.6 is 0 Å². The molecule has 3 aromatic rings. The summed E-state index contributed by atoms with van der Waals surface area (Å²) in [6, 6.07) is 22.0. The number of carbonyl (C=O) groups excluding carboxylic acids is 1. The van der Waals surface area contributed by atoms with Crippen LogP contribution in [0.25, 0.3) is 5.57 Å². The van der Waals surface area contributed by atoms with Gasteiger partial charge in [0.1, 0.15) is 5.78 Å². The van der Waals surface area contributed by atoms with Crippen molar-refractivity contribution in [2.75, 3.05) is 6.54 Å². The predicted octanol–water partition coefficient (Wildman–Crippen LogP) is 4.52. The van der Waals surface area contributed by atoms with Crippen LogP contribution in [-0.2, 0) is 16.8 Å². The molecule has 0 spiro atoms. The molecule has 4 nitrogen and oxygen atoms in total. The number of ketones is 1. The van der Waals surface area contributed by atoms with Crippen LogP contribution in [0.15, 0.2) is 72.8 Å². The summed E-state index contributed by atoms with van der Waals surface area (Å²) < 4.78 is 1.23. The molecule has 3 aromatic carbocycles. The predicted molar refractivity (Wildman–Crippen MR) is 146 cm³/mol. The number of nitrogens with one attached hydrogen (secondary N) is 1. The number of hydrogen-bond donors (Lipinski definition) is 2. The first kappa shape index (κ1) is 25.7. The zero-order valence-electron chi connectivity index (χ0n) is 20.7. The van der Waals surface area contributed by atoms with Crippen molar-refractivity contribution in [3.8, 4) is 10.7 Å². The average Bonchev–Trinajstić information content (AvgIpc) is 2.85. The average molecular weight is 543 g/mol. The summed E-state index contributed by atoms with van der Waals surface area (Å²) in [7, 11) is 0. The molecular weight excluding hydrogens is 513 g/mol. The van der Waals surface area contributed by atoms with Crippen LogP contribution in [0.5, 0.6) is 0 Å². The quantitative estimate of drug-likeness (QED) is 0.341. The van der Waals surface area contributed by atoms with Gasteiger partial charge in [0.05, 0.1) is 0 Å². The van der Waals surface area contributed by atoms with Crippen LogP contribution in [0.1, 0.15) is 65.4 Å². The molecule has 1 aliphatic rings. The molecule has 0 unspecified atom stereocenters. The number of rotatable bonds is 7. The molecule has 1 aliphatic carbocycles. The molecule has 0 fully saturated rings. The van der Waals surface area contributed by atoms with Gasteiger partial charge < -0.3 is 0 Å². The number of carboxylic acids is 1. The van der Waals surface area contributed by atoms with Crippen LogP contribution in [0.2, 0.25) is 0 Å². The van der Waals surface area contributed by atoms with Crippen molar-refractivity contribution in [3.63, 3.8) is 0 Å². The van der Waals surface area contributed by atoms with E-state index in [4.69, 9.17) is 5.11 Å². The summed E-state index contributed by atoms with van der Waals surface area (Å²) in [6.07, 6.45) is 3.31. The summed E-state index contributed by atoms with van der Waals surface area (Å²) in [5, 5.41) is 12.2. The molecule has 0 atom stereocenters. The third kappa shape index (κ3) is 6.22. The van der Waals surface area contributed by atoms with Crippen LogP contribution in [0.4, 0.5) is 0 Å². The molecule has 0 heterocycles. The van der Waals surface area contributed by atoms with E-state index >= 15 is 0 Å². The van der Waals surface area contributed by atoms with Crippen molar-refractivity contribution in [1.82, 2.24) is 5.32 Å². The Morgan fingerprint density at radius 2 is 1.75 bits per heavy atom. The third-order valence-electron chi connectivity index (χ3n) is 6.29. The standard InChI is InChI=1S/C31H29NO3Se/c1-21(33)19-32-20-23-6-8-24(9-7-23)27-14-16-31(2,3)29-18-26(12-13-28(27)29)36-17-15-22-4-10-25(11-5-22)30(34)35/h4-14,18,32H,16,19-20H2,1-3H3,(H,34,35). The molecule has 182 valence electrons. The van der Waals surface area contributed by atoms with Crippen LogP contribution in [0.3, 0.4) is 0 Å². The Labute approximate surface area is 219 Å². The SMILES string of the molecule is CC(=O)CNCc1ccc(C2=CCC(C)(C)c3cc([Se]C#Cc4ccc(C(=O)O)cc4)ccc32)cc1. The summed E-state index contributed by atoms with van der Waals surface area (Å²) in [6.45, 7) is 7.23. The molecule has 0 amide bonds. The van der Waals surface area contributed by atoms with Gasteiger partial charge in [-0.1, -0.05) is 0 Å². The van der Waals surface area contributed by atoms with Crippen LogP contribution in [-0.4, -0.2) is 38.4 Å². The Morgan fingerprint density at radius 1 is 1.03 bits per heavy atom. The molecular formula is C31H29NO3Se. The first-order chi connectivity index (χ1) is 17.2. The number of hydrogen-bond acceptors (Lipinski definition) is 3. The van der Waals surface area contributed by atoms with Gasteiger partial charge in [0.2, 0.25) is 0 Å². The summed E-state index contributed by atoms with van der Waals surface area (Å²) >= 11 is -0.00752. The Hall–Kier alpha value is -3.42.